The fourth-order valence-electron chi connectivity index (χ4n) is 4.10. The smallest absolute Gasteiger partial charge is 0.123 e. The van der Waals surface area contributed by atoms with E-state index < -0.39 is 0 Å². The van der Waals surface area contributed by atoms with Gasteiger partial charge in [-0.15, -0.1) is 0 Å². The van der Waals surface area contributed by atoms with Gasteiger partial charge in [0.25, 0.3) is 0 Å². The lowest BCUT2D eigenvalue weighted by Gasteiger charge is -2.16. The molecule has 0 bridgehead atoms. The first-order valence-corrected chi connectivity index (χ1v) is 10.4. The molecule has 1 heterocycles. The fraction of sp³-hybridized carbons (Fsp3) is 0.0714. The summed E-state index contributed by atoms with van der Waals surface area (Å²) in [6, 6.07) is 25.1. The summed E-state index contributed by atoms with van der Waals surface area (Å²) < 4.78 is 27.4. The summed E-state index contributed by atoms with van der Waals surface area (Å²) in [5.74, 6) is -0.616. The Bertz CT molecular complexity index is 1450. The van der Waals surface area contributed by atoms with Gasteiger partial charge in [0.1, 0.15) is 11.6 Å². The average Bonchev–Trinajstić information content (AvgIpc) is 2.79. The van der Waals surface area contributed by atoms with Gasteiger partial charge in [-0.25, -0.2) is 18.7 Å². The average molecular weight is 422 g/mol. The third-order valence-corrected chi connectivity index (χ3v) is 5.68. The molecule has 0 N–H and O–H groups in total. The summed E-state index contributed by atoms with van der Waals surface area (Å²) in [7, 11) is 0. The predicted octanol–water partition coefficient (Wildman–Crippen LogP) is 7.53. The van der Waals surface area contributed by atoms with Crippen LogP contribution in [0, 0.1) is 25.5 Å². The molecule has 0 amide bonds. The Labute approximate surface area is 185 Å². The number of nitrogens with zero attached hydrogens (tertiary/aromatic N) is 2. The highest BCUT2D eigenvalue weighted by Crippen LogP contribution is 2.36. The van der Waals surface area contributed by atoms with Crippen molar-refractivity contribution in [2.24, 2.45) is 0 Å². The van der Waals surface area contributed by atoms with Crippen LogP contribution in [0.15, 0.2) is 84.9 Å². The molecule has 2 nitrogen and oxygen atoms in total. The Kier molecular flexibility index (Phi) is 4.98. The third kappa shape index (κ3) is 3.54. The van der Waals surface area contributed by atoms with E-state index in [2.05, 4.69) is 18.2 Å². The van der Waals surface area contributed by atoms with E-state index in [1.165, 1.54) is 24.3 Å². The zero-order chi connectivity index (χ0) is 22.2. The van der Waals surface area contributed by atoms with Gasteiger partial charge >= 0.3 is 0 Å². The van der Waals surface area contributed by atoms with Crippen molar-refractivity contribution < 1.29 is 8.78 Å². The van der Waals surface area contributed by atoms with E-state index in [4.69, 9.17) is 9.97 Å². The summed E-state index contributed by atoms with van der Waals surface area (Å²) in [4.78, 5) is 9.99. The topological polar surface area (TPSA) is 25.8 Å². The van der Waals surface area contributed by atoms with Crippen molar-refractivity contribution in [3.8, 4) is 33.8 Å². The second-order valence-electron chi connectivity index (χ2n) is 7.85. The Balaban J connectivity index is 1.81. The van der Waals surface area contributed by atoms with Crippen LogP contribution in [0.2, 0.25) is 0 Å². The van der Waals surface area contributed by atoms with Gasteiger partial charge in [0.15, 0.2) is 0 Å². The standard InChI is InChI=1S/C28H20F2N2/c1-17-16-22(30)14-15-23(17)28-27(20-10-12-21(29)13-11-20)32-26(18(2)31-28)25-9-5-7-19-6-3-4-8-24(19)25/h3-16H,1-2H3. The molecule has 5 rings (SSSR count). The SMILES string of the molecule is Cc1cc(F)ccc1-c1nc(C)c(-c2cccc3ccccc23)nc1-c1ccc(F)cc1. The molecule has 0 unspecified atom stereocenters. The number of halogens is 2. The van der Waals surface area contributed by atoms with Crippen molar-refractivity contribution in [3.05, 3.63) is 108 Å². The first-order valence-electron chi connectivity index (χ1n) is 10.4. The molecule has 0 saturated heterocycles. The van der Waals surface area contributed by atoms with Crippen LogP contribution in [0.4, 0.5) is 8.78 Å². The minimum atomic E-state index is -0.317. The van der Waals surface area contributed by atoms with E-state index in [1.54, 1.807) is 18.2 Å². The number of fused-ring (bicyclic) bond motifs is 1. The highest BCUT2D eigenvalue weighted by Gasteiger charge is 2.18. The molecule has 0 aliphatic heterocycles. The quantitative estimate of drug-likeness (QED) is 0.300. The molecule has 4 aromatic carbocycles. The number of benzene rings is 4. The van der Waals surface area contributed by atoms with Gasteiger partial charge in [-0.3, -0.25) is 0 Å². The number of hydrogen-bond donors (Lipinski definition) is 0. The third-order valence-electron chi connectivity index (χ3n) is 5.68. The number of rotatable bonds is 3. The second-order valence-corrected chi connectivity index (χ2v) is 7.85. The summed E-state index contributed by atoms with van der Waals surface area (Å²) in [5, 5.41) is 2.20. The van der Waals surface area contributed by atoms with E-state index >= 15 is 0 Å². The molecule has 0 radical (unpaired) electrons. The van der Waals surface area contributed by atoms with Crippen molar-refractivity contribution >= 4 is 10.8 Å². The van der Waals surface area contributed by atoms with Crippen molar-refractivity contribution in [1.29, 1.82) is 0 Å². The van der Waals surface area contributed by atoms with Crippen molar-refractivity contribution in [2.75, 3.05) is 0 Å². The minimum absolute atomic E-state index is 0.299. The van der Waals surface area contributed by atoms with Crippen molar-refractivity contribution in [1.82, 2.24) is 9.97 Å². The van der Waals surface area contributed by atoms with Crippen LogP contribution in [0.5, 0.6) is 0 Å². The zero-order valence-corrected chi connectivity index (χ0v) is 17.7. The molecule has 1 aromatic heterocycles. The maximum atomic E-state index is 13.8. The van der Waals surface area contributed by atoms with Gasteiger partial charge in [0.05, 0.1) is 22.8 Å². The number of aromatic nitrogens is 2. The molecule has 0 atom stereocenters. The van der Waals surface area contributed by atoms with E-state index in [0.717, 1.165) is 44.4 Å². The lowest BCUT2D eigenvalue weighted by atomic mass is 9.97. The minimum Gasteiger partial charge on any atom is -0.249 e. The van der Waals surface area contributed by atoms with Crippen molar-refractivity contribution in [3.63, 3.8) is 0 Å². The van der Waals surface area contributed by atoms with Crippen LogP contribution in [0.3, 0.4) is 0 Å². The molecule has 5 aromatic rings. The molecular weight excluding hydrogens is 402 g/mol. The molecule has 0 aliphatic carbocycles. The second kappa shape index (κ2) is 7.97. The zero-order valence-electron chi connectivity index (χ0n) is 17.7. The van der Waals surface area contributed by atoms with Crippen LogP contribution in [-0.4, -0.2) is 9.97 Å². The van der Waals surface area contributed by atoms with Crippen LogP contribution in [0.1, 0.15) is 11.3 Å². The lowest BCUT2D eigenvalue weighted by molar-refractivity contribution is 0.626. The fourth-order valence-corrected chi connectivity index (χ4v) is 4.10. The Hall–Kier alpha value is -3.92. The molecule has 0 spiro atoms. The first kappa shape index (κ1) is 20.0. The predicted molar refractivity (Wildman–Crippen MR) is 125 cm³/mol. The number of aryl methyl sites for hydroxylation is 2. The van der Waals surface area contributed by atoms with Crippen LogP contribution < -0.4 is 0 Å². The largest absolute Gasteiger partial charge is 0.249 e. The van der Waals surface area contributed by atoms with Crippen molar-refractivity contribution in [2.45, 2.75) is 13.8 Å². The summed E-state index contributed by atoms with van der Waals surface area (Å²) in [5.41, 5.74) is 6.11. The molecule has 4 heteroatoms. The number of hydrogen-bond acceptors (Lipinski definition) is 2. The van der Waals surface area contributed by atoms with Crippen LogP contribution in [0.25, 0.3) is 44.5 Å². The highest BCUT2D eigenvalue weighted by molar-refractivity contribution is 5.97. The van der Waals surface area contributed by atoms with E-state index in [9.17, 15) is 8.78 Å². The summed E-state index contributed by atoms with van der Waals surface area (Å²) in [6.45, 7) is 3.78. The lowest BCUT2D eigenvalue weighted by Crippen LogP contribution is -2.02. The van der Waals surface area contributed by atoms with Gasteiger partial charge in [0, 0.05) is 16.7 Å². The van der Waals surface area contributed by atoms with Gasteiger partial charge in [-0.05, 0) is 72.6 Å². The van der Waals surface area contributed by atoms with Gasteiger partial charge in [-0.2, -0.15) is 0 Å². The van der Waals surface area contributed by atoms with Crippen LogP contribution in [-0.2, 0) is 0 Å². The van der Waals surface area contributed by atoms with Crippen LogP contribution >= 0.6 is 0 Å². The Morgan fingerprint density at radius 2 is 1.31 bits per heavy atom. The molecule has 0 aliphatic rings. The molecule has 0 saturated carbocycles. The maximum Gasteiger partial charge on any atom is 0.123 e. The Morgan fingerprint density at radius 1 is 0.594 bits per heavy atom. The summed E-state index contributed by atoms with van der Waals surface area (Å²) in [6.07, 6.45) is 0. The monoisotopic (exact) mass is 422 g/mol. The molecule has 32 heavy (non-hydrogen) atoms. The maximum absolute atomic E-state index is 13.8. The molecule has 0 fully saturated rings. The van der Waals surface area contributed by atoms with E-state index in [1.807, 2.05) is 38.1 Å². The first-order chi connectivity index (χ1) is 15.5. The van der Waals surface area contributed by atoms with Gasteiger partial charge in [0.2, 0.25) is 0 Å². The van der Waals surface area contributed by atoms with Gasteiger partial charge in [-0.1, -0.05) is 42.5 Å². The van der Waals surface area contributed by atoms with E-state index in [0.29, 0.717) is 11.4 Å². The van der Waals surface area contributed by atoms with Gasteiger partial charge < -0.3 is 0 Å². The normalized spacial score (nSPS) is 11.1. The highest BCUT2D eigenvalue weighted by atomic mass is 19.1. The molecule has 156 valence electrons. The Morgan fingerprint density at radius 3 is 2.09 bits per heavy atom. The molecular formula is C28H20F2N2. The summed E-state index contributed by atoms with van der Waals surface area (Å²) >= 11 is 0. The van der Waals surface area contributed by atoms with E-state index in [-0.39, 0.29) is 11.6 Å².